The van der Waals surface area contributed by atoms with Crippen LogP contribution >= 0.6 is 11.3 Å². The van der Waals surface area contributed by atoms with Gasteiger partial charge in [0.15, 0.2) is 5.01 Å². The number of amides is 2. The van der Waals surface area contributed by atoms with Crippen molar-refractivity contribution in [3.63, 3.8) is 0 Å². The number of nitrogens with zero attached hydrogens (tertiary/aromatic N) is 2. The Morgan fingerprint density at radius 2 is 1.83 bits per heavy atom. The van der Waals surface area contributed by atoms with Gasteiger partial charge in [0.05, 0.1) is 0 Å². The van der Waals surface area contributed by atoms with Gasteiger partial charge in [0.2, 0.25) is 5.01 Å². The van der Waals surface area contributed by atoms with Crippen LogP contribution in [0.3, 0.4) is 0 Å². The number of anilines is 1. The summed E-state index contributed by atoms with van der Waals surface area (Å²) >= 11 is 1.17. The van der Waals surface area contributed by atoms with E-state index >= 15 is 0 Å². The van der Waals surface area contributed by atoms with Crippen molar-refractivity contribution in [3.8, 4) is 5.75 Å². The van der Waals surface area contributed by atoms with Crippen LogP contribution in [-0.4, -0.2) is 28.6 Å². The Morgan fingerprint density at radius 1 is 1.03 bits per heavy atom. The first-order valence-corrected chi connectivity index (χ1v) is 10.5. The van der Waals surface area contributed by atoms with Gasteiger partial charge in [0, 0.05) is 17.8 Å². The SMILES string of the molecule is CC(C)CCNC(=O)c1cccc(NC(=O)c2nnc(COc3ccccc3)s2)c1. The topological polar surface area (TPSA) is 93.2 Å². The van der Waals surface area contributed by atoms with Crippen LogP contribution in [0.5, 0.6) is 5.75 Å². The van der Waals surface area contributed by atoms with Gasteiger partial charge in [0.25, 0.3) is 11.8 Å². The Morgan fingerprint density at radius 3 is 2.60 bits per heavy atom. The average molecular weight is 425 g/mol. The predicted molar refractivity (Wildman–Crippen MR) is 117 cm³/mol. The molecule has 0 unspecified atom stereocenters. The van der Waals surface area contributed by atoms with E-state index in [2.05, 4.69) is 34.7 Å². The molecular formula is C22H24N4O3S. The normalized spacial score (nSPS) is 10.6. The molecule has 0 saturated heterocycles. The van der Waals surface area contributed by atoms with Gasteiger partial charge in [-0.3, -0.25) is 9.59 Å². The summed E-state index contributed by atoms with van der Waals surface area (Å²) in [7, 11) is 0. The third kappa shape index (κ3) is 6.38. The lowest BCUT2D eigenvalue weighted by atomic mass is 10.1. The highest BCUT2D eigenvalue weighted by molar-refractivity contribution is 7.13. The minimum absolute atomic E-state index is 0.164. The van der Waals surface area contributed by atoms with Gasteiger partial charge in [-0.05, 0) is 42.7 Å². The number of hydrogen-bond donors (Lipinski definition) is 2. The highest BCUT2D eigenvalue weighted by Crippen LogP contribution is 2.17. The third-order valence-corrected chi connectivity index (χ3v) is 5.05. The number of para-hydroxylation sites is 1. The molecular weight excluding hydrogens is 400 g/mol. The zero-order valence-electron chi connectivity index (χ0n) is 16.9. The summed E-state index contributed by atoms with van der Waals surface area (Å²) in [6.07, 6.45) is 0.912. The molecule has 0 spiro atoms. The van der Waals surface area contributed by atoms with Crippen LogP contribution in [0.15, 0.2) is 54.6 Å². The molecule has 7 nitrogen and oxygen atoms in total. The lowest BCUT2D eigenvalue weighted by Gasteiger charge is -2.09. The maximum atomic E-state index is 12.5. The number of hydrogen-bond acceptors (Lipinski definition) is 6. The van der Waals surface area contributed by atoms with Crippen LogP contribution in [0.1, 0.15) is 45.4 Å². The molecule has 0 saturated carbocycles. The molecule has 0 atom stereocenters. The Balaban J connectivity index is 1.55. The molecule has 156 valence electrons. The van der Waals surface area contributed by atoms with E-state index in [1.807, 2.05) is 30.3 Å². The zero-order chi connectivity index (χ0) is 21.3. The Hall–Kier alpha value is -3.26. The molecule has 0 bridgehead atoms. The molecule has 2 amide bonds. The molecule has 3 rings (SSSR count). The molecule has 30 heavy (non-hydrogen) atoms. The summed E-state index contributed by atoms with van der Waals surface area (Å²) in [6.45, 7) is 5.07. The van der Waals surface area contributed by atoms with Gasteiger partial charge < -0.3 is 15.4 Å². The highest BCUT2D eigenvalue weighted by atomic mass is 32.1. The average Bonchev–Trinajstić information content (AvgIpc) is 3.22. The highest BCUT2D eigenvalue weighted by Gasteiger charge is 2.14. The first-order valence-electron chi connectivity index (χ1n) is 9.71. The van der Waals surface area contributed by atoms with E-state index < -0.39 is 0 Å². The second kappa shape index (κ2) is 10.5. The Kier molecular flexibility index (Phi) is 7.51. The molecule has 1 heterocycles. The largest absolute Gasteiger partial charge is 0.486 e. The summed E-state index contributed by atoms with van der Waals surface area (Å²) in [6, 6.07) is 16.2. The van der Waals surface area contributed by atoms with Crippen molar-refractivity contribution in [2.24, 2.45) is 5.92 Å². The zero-order valence-corrected chi connectivity index (χ0v) is 17.7. The summed E-state index contributed by atoms with van der Waals surface area (Å²) in [5.74, 6) is 0.701. The van der Waals surface area contributed by atoms with E-state index in [9.17, 15) is 9.59 Å². The molecule has 8 heteroatoms. The van der Waals surface area contributed by atoms with Gasteiger partial charge in [-0.15, -0.1) is 10.2 Å². The Bertz CT molecular complexity index is 989. The molecule has 2 aromatic carbocycles. The summed E-state index contributed by atoms with van der Waals surface area (Å²) < 4.78 is 5.62. The van der Waals surface area contributed by atoms with Gasteiger partial charge in [0.1, 0.15) is 12.4 Å². The van der Waals surface area contributed by atoms with Gasteiger partial charge >= 0.3 is 0 Å². The van der Waals surface area contributed by atoms with Gasteiger partial charge in [-0.2, -0.15) is 0 Å². The number of ether oxygens (including phenoxy) is 1. The third-order valence-electron chi connectivity index (χ3n) is 4.16. The summed E-state index contributed by atoms with van der Waals surface area (Å²) in [5, 5.41) is 14.4. The van der Waals surface area contributed by atoms with Crippen LogP contribution in [0.4, 0.5) is 5.69 Å². The smallest absolute Gasteiger partial charge is 0.286 e. The molecule has 3 aromatic rings. The molecule has 0 radical (unpaired) electrons. The van der Waals surface area contributed by atoms with Crippen molar-refractivity contribution >= 4 is 28.8 Å². The van der Waals surface area contributed by atoms with Crippen LogP contribution in [0.2, 0.25) is 0 Å². The number of rotatable bonds is 9. The van der Waals surface area contributed by atoms with Crippen LogP contribution in [0.25, 0.3) is 0 Å². The number of benzene rings is 2. The monoisotopic (exact) mass is 424 g/mol. The van der Waals surface area contributed by atoms with E-state index in [1.165, 1.54) is 11.3 Å². The van der Waals surface area contributed by atoms with Crippen molar-refractivity contribution in [1.29, 1.82) is 0 Å². The standard InChI is InChI=1S/C22H24N4O3S/c1-15(2)11-12-23-20(27)16-7-6-8-17(13-16)24-21(28)22-26-25-19(30-22)14-29-18-9-4-3-5-10-18/h3-10,13,15H,11-12,14H2,1-2H3,(H,23,27)(H,24,28). The fourth-order valence-corrected chi connectivity index (χ4v) is 3.21. The number of aromatic nitrogens is 2. The summed E-state index contributed by atoms with van der Waals surface area (Å²) in [4.78, 5) is 24.8. The molecule has 0 aliphatic rings. The van der Waals surface area contributed by atoms with E-state index in [4.69, 9.17) is 4.74 Å². The lowest BCUT2D eigenvalue weighted by molar-refractivity contribution is 0.0950. The van der Waals surface area contributed by atoms with Crippen molar-refractivity contribution in [2.75, 3.05) is 11.9 Å². The number of carbonyl (C=O) groups is 2. The second-order valence-electron chi connectivity index (χ2n) is 7.08. The first-order chi connectivity index (χ1) is 14.5. The quantitative estimate of drug-likeness (QED) is 0.538. The van der Waals surface area contributed by atoms with E-state index in [0.29, 0.717) is 28.7 Å². The van der Waals surface area contributed by atoms with Gasteiger partial charge in [-0.25, -0.2) is 0 Å². The van der Waals surface area contributed by atoms with E-state index in [0.717, 1.165) is 12.2 Å². The minimum Gasteiger partial charge on any atom is -0.486 e. The molecule has 1 aromatic heterocycles. The molecule has 0 aliphatic carbocycles. The van der Waals surface area contributed by atoms with Crippen LogP contribution in [0, 0.1) is 5.92 Å². The lowest BCUT2D eigenvalue weighted by Crippen LogP contribution is -2.25. The maximum Gasteiger partial charge on any atom is 0.286 e. The van der Waals surface area contributed by atoms with Crippen LogP contribution in [-0.2, 0) is 6.61 Å². The van der Waals surface area contributed by atoms with Crippen molar-refractivity contribution in [2.45, 2.75) is 26.9 Å². The molecule has 0 fully saturated rings. The fourth-order valence-electron chi connectivity index (χ4n) is 2.56. The number of nitrogens with one attached hydrogen (secondary N) is 2. The van der Waals surface area contributed by atoms with Gasteiger partial charge in [-0.1, -0.05) is 49.4 Å². The Labute approximate surface area is 179 Å². The van der Waals surface area contributed by atoms with Crippen molar-refractivity contribution in [1.82, 2.24) is 15.5 Å². The minimum atomic E-state index is -0.379. The first kappa shape index (κ1) is 21.4. The molecule has 0 aliphatic heterocycles. The second-order valence-corrected chi connectivity index (χ2v) is 8.14. The predicted octanol–water partition coefficient (Wildman–Crippen LogP) is 4.15. The molecule has 2 N–H and O–H groups in total. The number of carbonyl (C=O) groups excluding carboxylic acids is 2. The summed E-state index contributed by atoms with van der Waals surface area (Å²) in [5.41, 5.74) is 1.01. The van der Waals surface area contributed by atoms with Crippen molar-refractivity contribution in [3.05, 3.63) is 70.2 Å². The van der Waals surface area contributed by atoms with Crippen LogP contribution < -0.4 is 15.4 Å². The maximum absolute atomic E-state index is 12.5. The van der Waals surface area contributed by atoms with E-state index in [-0.39, 0.29) is 23.4 Å². The van der Waals surface area contributed by atoms with Crippen molar-refractivity contribution < 1.29 is 14.3 Å². The van der Waals surface area contributed by atoms with E-state index in [1.54, 1.807) is 24.3 Å². The fraction of sp³-hybridized carbons (Fsp3) is 0.273.